The van der Waals surface area contributed by atoms with E-state index in [0.29, 0.717) is 5.56 Å². The molecule has 0 aliphatic rings. The number of carbonyl (C=O) groups excluding carboxylic acids is 5. The Labute approximate surface area is 268 Å². The predicted molar refractivity (Wildman–Crippen MR) is 172 cm³/mol. The molecular formula is C35H41N3O8. The fraction of sp³-hybridized carbons (Fsp3) is 0.343. The monoisotopic (exact) mass is 631 g/mol. The molecule has 0 aromatic heterocycles. The van der Waals surface area contributed by atoms with E-state index in [0.717, 1.165) is 5.56 Å². The first-order valence-corrected chi connectivity index (χ1v) is 14.8. The number of hydrogen-bond donors (Lipinski definition) is 4. The minimum absolute atomic E-state index is 0.0750. The predicted octanol–water partition coefficient (Wildman–Crippen LogP) is 5.17. The van der Waals surface area contributed by atoms with Gasteiger partial charge in [0.1, 0.15) is 30.5 Å². The van der Waals surface area contributed by atoms with Gasteiger partial charge in [-0.2, -0.15) is 0 Å². The molecule has 4 N–H and O–H groups in total. The van der Waals surface area contributed by atoms with Gasteiger partial charge in [-0.15, -0.1) is 0 Å². The van der Waals surface area contributed by atoms with Crippen LogP contribution in [0.4, 0.5) is 10.5 Å². The van der Waals surface area contributed by atoms with Gasteiger partial charge in [-0.3, -0.25) is 19.2 Å². The van der Waals surface area contributed by atoms with Crippen LogP contribution >= 0.6 is 0 Å². The van der Waals surface area contributed by atoms with Gasteiger partial charge in [0, 0.05) is 28.7 Å². The summed E-state index contributed by atoms with van der Waals surface area (Å²) in [5, 5.41) is 17.9. The molecule has 0 unspecified atom stereocenters. The first kappa shape index (κ1) is 35.3. The largest absolute Gasteiger partial charge is 0.508 e. The number of phenols is 1. The topological polar surface area (TPSA) is 160 Å². The number of carbonyl (C=O) groups is 5. The number of Topliss-reactive ketones (excluding diaryl/α,β-unsaturated/α-hetero) is 1. The molecular weight excluding hydrogens is 590 g/mol. The zero-order valence-corrected chi connectivity index (χ0v) is 26.9. The first-order chi connectivity index (χ1) is 21.5. The number of benzene rings is 3. The van der Waals surface area contributed by atoms with Crippen molar-refractivity contribution in [2.24, 2.45) is 5.41 Å². The SMILES string of the molecule is CC(C)(C)OC(=O)N[C@@H](Cc1ccc(O)cc1C(=O)C(C)(C)C)C(=O)Nc1cccc(C(=O)NCC(=O)OCc2ccccc2)c1. The highest BCUT2D eigenvalue weighted by atomic mass is 16.6. The van der Waals surface area contributed by atoms with Crippen LogP contribution in [-0.2, 0) is 32.1 Å². The zero-order chi connectivity index (χ0) is 34.1. The van der Waals surface area contributed by atoms with E-state index >= 15 is 0 Å². The third kappa shape index (κ3) is 11.1. The Morgan fingerprint density at radius 1 is 0.848 bits per heavy atom. The summed E-state index contributed by atoms with van der Waals surface area (Å²) in [6.07, 6.45) is -0.948. The summed E-state index contributed by atoms with van der Waals surface area (Å²) in [5.74, 6) is -2.19. The number of phenolic OH excluding ortho intramolecular Hbond substituents is 1. The maximum atomic E-state index is 13.6. The number of anilines is 1. The van der Waals surface area contributed by atoms with Gasteiger partial charge in [0.25, 0.3) is 5.91 Å². The summed E-state index contributed by atoms with van der Waals surface area (Å²) < 4.78 is 10.6. The maximum Gasteiger partial charge on any atom is 0.408 e. The van der Waals surface area contributed by atoms with Crippen molar-refractivity contribution < 1.29 is 38.6 Å². The van der Waals surface area contributed by atoms with E-state index in [1.165, 1.54) is 30.3 Å². The molecule has 3 rings (SSSR count). The molecule has 1 atom stereocenters. The highest BCUT2D eigenvalue weighted by molar-refractivity contribution is 6.02. The maximum absolute atomic E-state index is 13.6. The van der Waals surface area contributed by atoms with E-state index < -0.39 is 40.9 Å². The van der Waals surface area contributed by atoms with E-state index in [1.54, 1.807) is 53.7 Å². The van der Waals surface area contributed by atoms with E-state index in [9.17, 15) is 29.1 Å². The van der Waals surface area contributed by atoms with Gasteiger partial charge in [0.2, 0.25) is 5.91 Å². The Hall–Kier alpha value is -5.19. The van der Waals surface area contributed by atoms with Gasteiger partial charge in [-0.1, -0.05) is 63.2 Å². The average molecular weight is 632 g/mol. The van der Waals surface area contributed by atoms with E-state index in [1.807, 2.05) is 30.3 Å². The Balaban J connectivity index is 1.75. The van der Waals surface area contributed by atoms with Crippen molar-refractivity contribution in [3.05, 3.63) is 95.1 Å². The summed E-state index contributed by atoms with van der Waals surface area (Å²) in [6, 6.07) is 18.2. The number of nitrogens with one attached hydrogen (secondary N) is 3. The highest BCUT2D eigenvalue weighted by Crippen LogP contribution is 2.27. The number of amides is 3. The van der Waals surface area contributed by atoms with Gasteiger partial charge in [-0.25, -0.2) is 4.79 Å². The lowest BCUT2D eigenvalue weighted by atomic mass is 9.83. The molecule has 0 heterocycles. The molecule has 0 spiro atoms. The lowest BCUT2D eigenvalue weighted by Crippen LogP contribution is -2.47. The Kier molecular flexibility index (Phi) is 11.7. The van der Waals surface area contributed by atoms with Crippen LogP contribution in [0.1, 0.15) is 73.4 Å². The van der Waals surface area contributed by atoms with Crippen LogP contribution in [0, 0.1) is 5.41 Å². The van der Waals surface area contributed by atoms with Gasteiger partial charge in [-0.05, 0) is 62.2 Å². The number of hydrogen-bond acceptors (Lipinski definition) is 8. The minimum atomic E-state index is -1.21. The third-order valence-corrected chi connectivity index (χ3v) is 6.48. The lowest BCUT2D eigenvalue weighted by molar-refractivity contribution is -0.143. The molecule has 11 heteroatoms. The molecule has 3 aromatic rings. The first-order valence-electron chi connectivity index (χ1n) is 14.8. The summed E-state index contributed by atoms with van der Waals surface area (Å²) >= 11 is 0. The van der Waals surface area contributed by atoms with Crippen molar-refractivity contribution in [2.75, 3.05) is 11.9 Å². The van der Waals surface area contributed by atoms with Crippen molar-refractivity contribution in [3.63, 3.8) is 0 Å². The van der Waals surface area contributed by atoms with E-state index in [-0.39, 0.29) is 47.9 Å². The molecule has 0 saturated carbocycles. The third-order valence-electron chi connectivity index (χ3n) is 6.48. The van der Waals surface area contributed by atoms with Crippen molar-refractivity contribution in [2.45, 2.75) is 66.2 Å². The summed E-state index contributed by atoms with van der Waals surface area (Å²) in [4.78, 5) is 64.4. The molecule has 3 amide bonds. The fourth-order valence-electron chi connectivity index (χ4n) is 4.25. The van der Waals surface area contributed by atoms with Crippen molar-refractivity contribution in [3.8, 4) is 5.75 Å². The van der Waals surface area contributed by atoms with Crippen LogP contribution in [0.15, 0.2) is 72.8 Å². The average Bonchev–Trinajstić information content (AvgIpc) is 2.98. The van der Waals surface area contributed by atoms with E-state index in [2.05, 4.69) is 16.0 Å². The molecule has 3 aromatic carbocycles. The fourth-order valence-corrected chi connectivity index (χ4v) is 4.25. The van der Waals surface area contributed by atoms with E-state index in [4.69, 9.17) is 9.47 Å². The normalized spacial score (nSPS) is 12.0. The Morgan fingerprint density at radius 3 is 2.20 bits per heavy atom. The number of aromatic hydroxyl groups is 1. The summed E-state index contributed by atoms with van der Waals surface area (Å²) in [5.41, 5.74) is 0.260. The van der Waals surface area contributed by atoms with Crippen LogP contribution in [0.25, 0.3) is 0 Å². The quantitative estimate of drug-likeness (QED) is 0.167. The molecule has 0 aliphatic heterocycles. The van der Waals surface area contributed by atoms with Gasteiger partial charge in [0.15, 0.2) is 5.78 Å². The minimum Gasteiger partial charge on any atom is -0.508 e. The highest BCUT2D eigenvalue weighted by Gasteiger charge is 2.30. The number of esters is 1. The summed E-state index contributed by atoms with van der Waals surface area (Å²) in [7, 11) is 0. The van der Waals surface area contributed by atoms with Crippen molar-refractivity contribution in [1.29, 1.82) is 0 Å². The van der Waals surface area contributed by atoms with Gasteiger partial charge < -0.3 is 30.5 Å². The molecule has 0 aliphatic carbocycles. The molecule has 0 radical (unpaired) electrons. The molecule has 0 bridgehead atoms. The number of alkyl carbamates (subject to hydrolysis) is 1. The number of rotatable bonds is 11. The van der Waals surface area contributed by atoms with Crippen LogP contribution in [0.3, 0.4) is 0 Å². The van der Waals surface area contributed by atoms with Crippen LogP contribution in [0.2, 0.25) is 0 Å². The molecule has 0 fully saturated rings. The second kappa shape index (κ2) is 15.2. The summed E-state index contributed by atoms with van der Waals surface area (Å²) in [6.45, 7) is 9.98. The number of ether oxygens (including phenoxy) is 2. The van der Waals surface area contributed by atoms with Crippen LogP contribution in [0.5, 0.6) is 5.75 Å². The Morgan fingerprint density at radius 2 is 1.54 bits per heavy atom. The molecule has 0 saturated heterocycles. The number of ketones is 1. The second-order valence-corrected chi connectivity index (χ2v) is 12.7. The molecule has 244 valence electrons. The van der Waals surface area contributed by atoms with Crippen LogP contribution in [-0.4, -0.2) is 53.0 Å². The van der Waals surface area contributed by atoms with Gasteiger partial charge >= 0.3 is 12.1 Å². The van der Waals surface area contributed by atoms with Gasteiger partial charge in [0.05, 0.1) is 0 Å². The van der Waals surface area contributed by atoms with Crippen molar-refractivity contribution >= 4 is 35.3 Å². The zero-order valence-electron chi connectivity index (χ0n) is 26.9. The lowest BCUT2D eigenvalue weighted by Gasteiger charge is -2.25. The Bertz CT molecular complexity index is 1570. The van der Waals surface area contributed by atoms with Crippen molar-refractivity contribution in [1.82, 2.24) is 10.6 Å². The van der Waals surface area contributed by atoms with Crippen LogP contribution < -0.4 is 16.0 Å². The second-order valence-electron chi connectivity index (χ2n) is 12.7. The standard InChI is InChI=1S/C35H41N3O8/c1-34(2,3)30(41)27-19-26(39)16-15-23(27)18-28(38-33(44)46-35(4,5)6)32(43)37-25-14-10-13-24(17-25)31(42)36-20-29(40)45-21-22-11-8-7-9-12-22/h7-17,19,28,39H,18,20-21H2,1-6H3,(H,36,42)(H,37,43)(H,38,44)/t28-/m0/s1. The molecule has 46 heavy (non-hydrogen) atoms. The molecule has 11 nitrogen and oxygen atoms in total. The smallest absolute Gasteiger partial charge is 0.408 e.